The molecule has 0 bridgehead atoms. The maximum atomic E-state index is 8.55. The van der Waals surface area contributed by atoms with Gasteiger partial charge in [0.2, 0.25) is 0 Å². The highest BCUT2D eigenvalue weighted by Crippen LogP contribution is 2.03. The van der Waals surface area contributed by atoms with Gasteiger partial charge in [0.1, 0.15) is 0 Å². The highest BCUT2D eigenvalue weighted by Gasteiger charge is 2.18. The molecule has 0 atom stereocenters. The van der Waals surface area contributed by atoms with Gasteiger partial charge in [-0.1, -0.05) is 0 Å². The van der Waals surface area contributed by atoms with Crippen molar-refractivity contribution in [2.24, 2.45) is 11.5 Å². The number of aliphatic hydroxyl groups is 2. The summed E-state index contributed by atoms with van der Waals surface area (Å²) in [6.45, 7) is 0.928. The molecule has 0 fully saturated rings. The molecule has 0 saturated heterocycles. The lowest BCUT2D eigenvalue weighted by molar-refractivity contribution is -0.0701. The lowest BCUT2D eigenvalue weighted by Gasteiger charge is -2.24. The Balaban J connectivity index is 3.35. The maximum absolute atomic E-state index is 8.55. The molecule has 0 rings (SSSR count). The van der Waals surface area contributed by atoms with Gasteiger partial charge in [-0.3, -0.25) is 11.5 Å². The summed E-state index contributed by atoms with van der Waals surface area (Å²) in [6, 6.07) is 0. The van der Waals surface area contributed by atoms with Gasteiger partial charge in [0.15, 0.2) is 5.85 Å². The van der Waals surface area contributed by atoms with Crippen LogP contribution in [0.5, 0.6) is 0 Å². The summed E-state index contributed by atoms with van der Waals surface area (Å²) in [6.07, 6.45) is 0.897. The van der Waals surface area contributed by atoms with Crippen LogP contribution < -0.4 is 11.5 Å². The van der Waals surface area contributed by atoms with E-state index in [9.17, 15) is 0 Å². The van der Waals surface area contributed by atoms with Crippen molar-refractivity contribution in [2.45, 2.75) is 18.7 Å². The molecule has 0 saturated carbocycles. The van der Waals surface area contributed by atoms with Crippen LogP contribution in [0.4, 0.5) is 0 Å². The summed E-state index contributed by atoms with van der Waals surface area (Å²) in [7, 11) is 0. The van der Waals surface area contributed by atoms with E-state index in [-0.39, 0.29) is 26.4 Å². The lowest BCUT2D eigenvalue weighted by Crippen LogP contribution is -2.52. The zero-order valence-corrected chi connectivity index (χ0v) is 8.32. The SMILES string of the molecule is NC(N)(CCCO)OCCOCCO. The molecule has 0 aromatic rings. The van der Waals surface area contributed by atoms with Crippen LogP contribution in [0, 0.1) is 0 Å². The zero-order chi connectivity index (χ0) is 10.9. The quantitative estimate of drug-likeness (QED) is 0.267. The van der Waals surface area contributed by atoms with Gasteiger partial charge in [-0.2, -0.15) is 0 Å². The summed E-state index contributed by atoms with van der Waals surface area (Å²) < 4.78 is 10.1. The molecule has 0 heterocycles. The Hall–Kier alpha value is -0.240. The fraction of sp³-hybridized carbons (Fsp3) is 1.00. The molecular formula is C8H20N2O4. The second-order valence-electron chi connectivity index (χ2n) is 2.97. The monoisotopic (exact) mass is 208 g/mol. The Morgan fingerprint density at radius 2 is 1.71 bits per heavy atom. The molecule has 0 spiro atoms. The van der Waals surface area contributed by atoms with E-state index < -0.39 is 5.85 Å². The van der Waals surface area contributed by atoms with Gasteiger partial charge >= 0.3 is 0 Å². The standard InChI is InChI=1S/C8H20N2O4/c9-8(10,2-1-3-11)14-7-6-13-5-4-12/h11-12H,1-7,9-10H2. The van der Waals surface area contributed by atoms with Crippen molar-refractivity contribution in [1.82, 2.24) is 0 Å². The molecule has 0 radical (unpaired) electrons. The van der Waals surface area contributed by atoms with E-state index in [4.69, 9.17) is 31.2 Å². The third-order valence-corrected chi connectivity index (χ3v) is 1.56. The molecule has 0 aliphatic carbocycles. The first-order chi connectivity index (χ1) is 6.62. The van der Waals surface area contributed by atoms with Crippen LogP contribution in [-0.4, -0.2) is 49.1 Å². The van der Waals surface area contributed by atoms with Gasteiger partial charge in [0, 0.05) is 13.0 Å². The van der Waals surface area contributed by atoms with Crippen LogP contribution in [-0.2, 0) is 9.47 Å². The molecule has 0 aromatic carbocycles. The minimum absolute atomic E-state index is 0.0130. The number of ether oxygens (including phenoxy) is 2. The first-order valence-corrected chi connectivity index (χ1v) is 4.63. The molecule has 0 aliphatic rings. The number of aliphatic hydroxyl groups excluding tert-OH is 2. The van der Waals surface area contributed by atoms with Gasteiger partial charge in [-0.15, -0.1) is 0 Å². The minimum atomic E-state index is -1.20. The van der Waals surface area contributed by atoms with Crippen LogP contribution in [0.3, 0.4) is 0 Å². The topological polar surface area (TPSA) is 111 Å². The molecule has 0 aromatic heterocycles. The Kier molecular flexibility index (Phi) is 7.96. The van der Waals surface area contributed by atoms with Crippen molar-refractivity contribution in [3.8, 4) is 0 Å². The second-order valence-corrected chi connectivity index (χ2v) is 2.97. The largest absolute Gasteiger partial charge is 0.396 e. The normalized spacial score (nSPS) is 12.0. The predicted molar refractivity (Wildman–Crippen MR) is 51.3 cm³/mol. The molecular weight excluding hydrogens is 188 g/mol. The van der Waals surface area contributed by atoms with Crippen LogP contribution in [0.1, 0.15) is 12.8 Å². The molecule has 0 aliphatic heterocycles. The Labute approximate surface area is 83.8 Å². The van der Waals surface area contributed by atoms with E-state index >= 15 is 0 Å². The van der Waals surface area contributed by atoms with Crippen molar-refractivity contribution in [2.75, 3.05) is 33.0 Å². The molecule has 0 amide bonds. The molecule has 6 nitrogen and oxygen atoms in total. The maximum Gasteiger partial charge on any atom is 0.169 e. The molecule has 6 heteroatoms. The Bertz CT molecular complexity index is 133. The van der Waals surface area contributed by atoms with E-state index in [1.54, 1.807) is 0 Å². The first kappa shape index (κ1) is 13.8. The summed E-state index contributed by atoms with van der Waals surface area (Å²) in [4.78, 5) is 0. The van der Waals surface area contributed by atoms with E-state index in [0.29, 0.717) is 19.4 Å². The van der Waals surface area contributed by atoms with Gasteiger partial charge in [-0.05, 0) is 6.42 Å². The summed E-state index contributed by atoms with van der Waals surface area (Å²) in [5, 5.41) is 17.0. The summed E-state index contributed by atoms with van der Waals surface area (Å²) in [5.41, 5.74) is 11.1. The first-order valence-electron chi connectivity index (χ1n) is 4.63. The number of hydrogen-bond acceptors (Lipinski definition) is 6. The second kappa shape index (κ2) is 8.10. The number of hydrogen-bond donors (Lipinski definition) is 4. The molecule has 6 N–H and O–H groups in total. The van der Waals surface area contributed by atoms with Crippen LogP contribution in [0.2, 0.25) is 0 Å². The van der Waals surface area contributed by atoms with Gasteiger partial charge < -0.3 is 19.7 Å². The van der Waals surface area contributed by atoms with E-state index in [0.717, 1.165) is 0 Å². The molecule has 86 valence electrons. The Morgan fingerprint density at radius 3 is 2.29 bits per heavy atom. The summed E-state index contributed by atoms with van der Waals surface area (Å²) in [5.74, 6) is -1.20. The summed E-state index contributed by atoms with van der Waals surface area (Å²) >= 11 is 0. The van der Waals surface area contributed by atoms with Gasteiger partial charge in [0.25, 0.3) is 0 Å². The third kappa shape index (κ3) is 8.36. The van der Waals surface area contributed by atoms with Gasteiger partial charge in [0.05, 0.1) is 26.4 Å². The fourth-order valence-corrected chi connectivity index (χ4v) is 0.885. The minimum Gasteiger partial charge on any atom is -0.396 e. The highest BCUT2D eigenvalue weighted by molar-refractivity contribution is 4.63. The van der Waals surface area contributed by atoms with Crippen molar-refractivity contribution in [1.29, 1.82) is 0 Å². The van der Waals surface area contributed by atoms with Crippen LogP contribution in [0.15, 0.2) is 0 Å². The van der Waals surface area contributed by atoms with Crippen molar-refractivity contribution in [3.63, 3.8) is 0 Å². The highest BCUT2D eigenvalue weighted by atomic mass is 16.6. The average Bonchev–Trinajstić information content (AvgIpc) is 2.15. The van der Waals surface area contributed by atoms with Crippen molar-refractivity contribution >= 4 is 0 Å². The predicted octanol–water partition coefficient (Wildman–Crippen LogP) is -1.64. The molecule has 0 unspecified atom stereocenters. The smallest absolute Gasteiger partial charge is 0.169 e. The molecule has 14 heavy (non-hydrogen) atoms. The van der Waals surface area contributed by atoms with E-state index in [1.165, 1.54) is 0 Å². The third-order valence-electron chi connectivity index (χ3n) is 1.56. The number of nitrogens with two attached hydrogens (primary N) is 2. The van der Waals surface area contributed by atoms with Crippen molar-refractivity contribution < 1.29 is 19.7 Å². The van der Waals surface area contributed by atoms with Crippen molar-refractivity contribution in [3.05, 3.63) is 0 Å². The lowest BCUT2D eigenvalue weighted by atomic mass is 10.2. The van der Waals surface area contributed by atoms with Crippen LogP contribution >= 0.6 is 0 Å². The fourth-order valence-electron chi connectivity index (χ4n) is 0.885. The van der Waals surface area contributed by atoms with E-state index in [2.05, 4.69) is 0 Å². The average molecular weight is 208 g/mol. The number of rotatable bonds is 9. The zero-order valence-electron chi connectivity index (χ0n) is 8.32. The van der Waals surface area contributed by atoms with Crippen LogP contribution in [0.25, 0.3) is 0 Å². The van der Waals surface area contributed by atoms with Gasteiger partial charge in [-0.25, -0.2) is 0 Å². The van der Waals surface area contributed by atoms with E-state index in [1.807, 2.05) is 0 Å². The Morgan fingerprint density at radius 1 is 1.00 bits per heavy atom.